The molecule has 0 unspecified atom stereocenters. The topological polar surface area (TPSA) is 71.1 Å². The second-order valence-corrected chi connectivity index (χ2v) is 8.18. The van der Waals surface area contributed by atoms with Gasteiger partial charge in [-0.25, -0.2) is 4.98 Å². The van der Waals surface area contributed by atoms with Gasteiger partial charge in [0, 0.05) is 22.9 Å². The van der Waals surface area contributed by atoms with Gasteiger partial charge in [-0.15, -0.1) is 11.3 Å². The molecule has 1 aromatic heterocycles. The predicted octanol–water partition coefficient (Wildman–Crippen LogP) is 4.92. The van der Waals surface area contributed by atoms with E-state index >= 15 is 0 Å². The summed E-state index contributed by atoms with van der Waals surface area (Å²) in [5.41, 5.74) is 2.82. The Kier molecular flexibility index (Phi) is 5.15. The summed E-state index contributed by atoms with van der Waals surface area (Å²) in [6.45, 7) is 1.89. The number of nitrogens with one attached hydrogen (secondary N) is 2. The minimum atomic E-state index is -0.265. The van der Waals surface area contributed by atoms with Crippen molar-refractivity contribution in [1.82, 2.24) is 10.3 Å². The third kappa shape index (κ3) is 4.08. The lowest BCUT2D eigenvalue weighted by Gasteiger charge is -2.10. The third-order valence-corrected chi connectivity index (χ3v) is 5.85. The number of anilines is 1. The highest BCUT2D eigenvalue weighted by Crippen LogP contribution is 2.31. The van der Waals surface area contributed by atoms with E-state index < -0.39 is 0 Å². The van der Waals surface area contributed by atoms with Crippen LogP contribution in [0, 0.1) is 6.92 Å². The summed E-state index contributed by atoms with van der Waals surface area (Å²) in [6.07, 6.45) is 3.60. The van der Waals surface area contributed by atoms with Crippen LogP contribution in [0.15, 0.2) is 48.7 Å². The van der Waals surface area contributed by atoms with Crippen LogP contribution in [-0.4, -0.2) is 22.8 Å². The Morgan fingerprint density at radius 2 is 1.93 bits per heavy atom. The number of thiazole rings is 1. The van der Waals surface area contributed by atoms with Crippen molar-refractivity contribution in [2.75, 3.05) is 5.32 Å². The maximum Gasteiger partial charge on any atom is 0.267 e. The Balaban J connectivity index is 1.52. The number of aromatic nitrogens is 1. The predicted molar refractivity (Wildman–Crippen MR) is 112 cm³/mol. The standard InChI is InChI=1S/C21H18ClN3O2S/c1-12-6-7-13(19(26)24-14-8-9-14)10-17(12)25-20(27)18-11-23-21(28-18)15-4-2-3-5-16(15)22/h2-7,10-11,14H,8-9H2,1H3,(H,24,26)(H,25,27). The largest absolute Gasteiger partial charge is 0.349 e. The number of hydrogen-bond donors (Lipinski definition) is 2. The number of halogens is 1. The van der Waals surface area contributed by atoms with Gasteiger partial charge >= 0.3 is 0 Å². The van der Waals surface area contributed by atoms with Crippen molar-refractivity contribution in [1.29, 1.82) is 0 Å². The molecule has 0 bridgehead atoms. The second-order valence-electron chi connectivity index (χ2n) is 6.74. The summed E-state index contributed by atoms with van der Waals surface area (Å²) in [7, 11) is 0. The van der Waals surface area contributed by atoms with Crippen LogP contribution in [0.25, 0.3) is 10.6 Å². The van der Waals surface area contributed by atoms with E-state index in [0.29, 0.717) is 26.2 Å². The van der Waals surface area contributed by atoms with E-state index in [4.69, 9.17) is 11.6 Å². The summed E-state index contributed by atoms with van der Waals surface area (Å²) >= 11 is 7.49. The highest BCUT2D eigenvalue weighted by Gasteiger charge is 2.24. The first-order chi connectivity index (χ1) is 13.5. The first kappa shape index (κ1) is 18.7. The number of nitrogens with zero attached hydrogens (tertiary/aromatic N) is 1. The molecule has 0 saturated heterocycles. The van der Waals surface area contributed by atoms with Crippen LogP contribution in [-0.2, 0) is 0 Å². The van der Waals surface area contributed by atoms with E-state index in [1.807, 2.05) is 31.2 Å². The Morgan fingerprint density at radius 3 is 2.68 bits per heavy atom. The van der Waals surface area contributed by atoms with E-state index in [1.54, 1.807) is 18.2 Å². The number of hydrogen-bond acceptors (Lipinski definition) is 4. The van der Waals surface area contributed by atoms with Gasteiger partial charge < -0.3 is 10.6 Å². The average Bonchev–Trinajstić information content (AvgIpc) is 3.36. The van der Waals surface area contributed by atoms with Gasteiger partial charge in [0.2, 0.25) is 0 Å². The van der Waals surface area contributed by atoms with E-state index in [0.717, 1.165) is 24.0 Å². The molecule has 3 aromatic rings. The second kappa shape index (κ2) is 7.73. The summed E-state index contributed by atoms with van der Waals surface area (Å²) in [5.74, 6) is -0.379. The highest BCUT2D eigenvalue weighted by atomic mass is 35.5. The van der Waals surface area contributed by atoms with Crippen LogP contribution in [0.2, 0.25) is 5.02 Å². The molecule has 142 valence electrons. The molecule has 1 aliphatic rings. The molecular formula is C21H18ClN3O2S. The third-order valence-electron chi connectivity index (χ3n) is 4.49. The molecule has 1 fully saturated rings. The minimum absolute atomic E-state index is 0.114. The van der Waals surface area contributed by atoms with Gasteiger partial charge in [0.05, 0.1) is 11.2 Å². The van der Waals surface area contributed by atoms with Gasteiger partial charge in [-0.1, -0.05) is 35.9 Å². The van der Waals surface area contributed by atoms with Crippen LogP contribution in [0.1, 0.15) is 38.4 Å². The fourth-order valence-corrected chi connectivity index (χ4v) is 3.85. The van der Waals surface area contributed by atoms with Gasteiger partial charge in [0.1, 0.15) is 9.88 Å². The minimum Gasteiger partial charge on any atom is -0.349 e. The molecule has 0 spiro atoms. The number of carbonyl (C=O) groups is 2. The van der Waals surface area contributed by atoms with Gasteiger partial charge in [0.25, 0.3) is 11.8 Å². The zero-order chi connectivity index (χ0) is 19.7. The molecule has 0 radical (unpaired) electrons. The zero-order valence-corrected chi connectivity index (χ0v) is 16.7. The average molecular weight is 412 g/mol. The lowest BCUT2D eigenvalue weighted by atomic mass is 10.1. The molecule has 4 rings (SSSR count). The Bertz CT molecular complexity index is 1060. The molecule has 0 aliphatic heterocycles. The monoisotopic (exact) mass is 411 g/mol. The van der Waals surface area contributed by atoms with Crippen LogP contribution >= 0.6 is 22.9 Å². The smallest absolute Gasteiger partial charge is 0.267 e. The van der Waals surface area contributed by atoms with E-state index in [-0.39, 0.29) is 17.9 Å². The summed E-state index contributed by atoms with van der Waals surface area (Å²) < 4.78 is 0. The number of aryl methyl sites for hydroxylation is 1. The molecule has 2 N–H and O–H groups in total. The van der Waals surface area contributed by atoms with Gasteiger partial charge in [-0.05, 0) is 43.5 Å². The molecule has 28 heavy (non-hydrogen) atoms. The lowest BCUT2D eigenvalue weighted by molar-refractivity contribution is 0.0949. The number of carbonyl (C=O) groups excluding carboxylic acids is 2. The van der Waals surface area contributed by atoms with Crippen LogP contribution in [0.3, 0.4) is 0 Å². The fraction of sp³-hybridized carbons (Fsp3) is 0.190. The van der Waals surface area contributed by atoms with Crippen LogP contribution < -0.4 is 10.6 Å². The van der Waals surface area contributed by atoms with Crippen molar-refractivity contribution in [3.63, 3.8) is 0 Å². The zero-order valence-electron chi connectivity index (χ0n) is 15.2. The molecule has 1 heterocycles. The van der Waals surface area contributed by atoms with Gasteiger partial charge in [-0.3, -0.25) is 9.59 Å². The van der Waals surface area contributed by atoms with Crippen molar-refractivity contribution in [2.45, 2.75) is 25.8 Å². The van der Waals surface area contributed by atoms with Gasteiger partial charge in [0.15, 0.2) is 0 Å². The Labute approximate surface area is 171 Å². The normalized spacial score (nSPS) is 13.2. The van der Waals surface area contributed by atoms with E-state index in [1.165, 1.54) is 17.5 Å². The maximum absolute atomic E-state index is 12.7. The van der Waals surface area contributed by atoms with Crippen LogP contribution in [0.5, 0.6) is 0 Å². The van der Waals surface area contributed by atoms with E-state index in [2.05, 4.69) is 15.6 Å². The Morgan fingerprint density at radius 1 is 1.14 bits per heavy atom. The number of amides is 2. The lowest BCUT2D eigenvalue weighted by Crippen LogP contribution is -2.25. The summed E-state index contributed by atoms with van der Waals surface area (Å²) in [6, 6.07) is 13.0. The van der Waals surface area contributed by atoms with Crippen molar-refractivity contribution < 1.29 is 9.59 Å². The fourth-order valence-electron chi connectivity index (χ4n) is 2.72. The number of benzene rings is 2. The van der Waals surface area contributed by atoms with Gasteiger partial charge in [-0.2, -0.15) is 0 Å². The van der Waals surface area contributed by atoms with Crippen molar-refractivity contribution in [3.8, 4) is 10.6 Å². The SMILES string of the molecule is Cc1ccc(C(=O)NC2CC2)cc1NC(=O)c1cnc(-c2ccccc2Cl)s1. The van der Waals surface area contributed by atoms with Crippen molar-refractivity contribution >= 4 is 40.4 Å². The maximum atomic E-state index is 12.7. The molecule has 0 atom stereocenters. The van der Waals surface area contributed by atoms with Crippen molar-refractivity contribution in [2.24, 2.45) is 0 Å². The van der Waals surface area contributed by atoms with E-state index in [9.17, 15) is 9.59 Å². The quantitative estimate of drug-likeness (QED) is 0.626. The molecule has 7 heteroatoms. The Hall–Kier alpha value is -2.70. The molecule has 1 aliphatic carbocycles. The summed E-state index contributed by atoms with van der Waals surface area (Å²) in [5, 5.41) is 7.12. The first-order valence-corrected chi connectivity index (χ1v) is 10.1. The molecule has 5 nitrogen and oxygen atoms in total. The molecule has 2 amide bonds. The molecule has 1 saturated carbocycles. The molecule has 2 aromatic carbocycles. The number of rotatable bonds is 5. The highest BCUT2D eigenvalue weighted by molar-refractivity contribution is 7.17. The molecular weight excluding hydrogens is 394 g/mol. The summed E-state index contributed by atoms with van der Waals surface area (Å²) in [4.78, 5) is 29.8. The first-order valence-electron chi connectivity index (χ1n) is 8.95. The van der Waals surface area contributed by atoms with Crippen LogP contribution in [0.4, 0.5) is 5.69 Å². The van der Waals surface area contributed by atoms with Crippen molar-refractivity contribution in [3.05, 3.63) is 69.7 Å².